The van der Waals surface area contributed by atoms with Crippen molar-refractivity contribution in [1.82, 2.24) is 0 Å². The molecular formula is C14H15NO3S. The Hall–Kier alpha value is -2.01. The second-order valence-corrected chi connectivity index (χ2v) is 4.92. The first kappa shape index (κ1) is 13.4. The number of rotatable bonds is 5. The number of anilines is 1. The summed E-state index contributed by atoms with van der Waals surface area (Å²) < 4.78 is 10.3. The van der Waals surface area contributed by atoms with Gasteiger partial charge >= 0.3 is 5.97 Å². The van der Waals surface area contributed by atoms with E-state index in [1.807, 2.05) is 11.4 Å². The molecule has 0 fully saturated rings. The molecular weight excluding hydrogens is 262 g/mol. The highest BCUT2D eigenvalue weighted by Gasteiger charge is 2.13. The molecule has 100 valence electrons. The largest absolute Gasteiger partial charge is 0.491 e. The van der Waals surface area contributed by atoms with Gasteiger partial charge in [0.2, 0.25) is 0 Å². The molecule has 2 aromatic rings. The Kier molecular flexibility index (Phi) is 4.41. The number of thiophene rings is 1. The molecule has 1 heterocycles. The van der Waals surface area contributed by atoms with Gasteiger partial charge in [0, 0.05) is 11.3 Å². The molecule has 1 aromatic carbocycles. The van der Waals surface area contributed by atoms with Gasteiger partial charge in [-0.3, -0.25) is 0 Å². The van der Waals surface area contributed by atoms with E-state index in [1.165, 1.54) is 12.0 Å². The van der Waals surface area contributed by atoms with Gasteiger partial charge < -0.3 is 15.2 Å². The average molecular weight is 277 g/mol. The fourth-order valence-electron chi connectivity index (χ4n) is 1.67. The Morgan fingerprint density at radius 1 is 1.32 bits per heavy atom. The van der Waals surface area contributed by atoms with Crippen LogP contribution in [0, 0.1) is 0 Å². The van der Waals surface area contributed by atoms with Crippen molar-refractivity contribution in [2.75, 3.05) is 19.5 Å². The summed E-state index contributed by atoms with van der Waals surface area (Å²) >= 11 is 1.69. The van der Waals surface area contributed by atoms with Gasteiger partial charge in [0.15, 0.2) is 0 Å². The lowest BCUT2D eigenvalue weighted by Gasteiger charge is -2.10. The van der Waals surface area contributed by atoms with Crippen LogP contribution in [0.3, 0.4) is 0 Å². The number of esters is 1. The van der Waals surface area contributed by atoms with Crippen molar-refractivity contribution in [3.05, 3.63) is 46.2 Å². The highest BCUT2D eigenvalue weighted by Crippen LogP contribution is 2.26. The average Bonchev–Trinajstić information content (AvgIpc) is 2.93. The third-order valence-electron chi connectivity index (χ3n) is 2.66. The van der Waals surface area contributed by atoms with Gasteiger partial charge in [-0.1, -0.05) is 12.1 Å². The second kappa shape index (κ2) is 6.24. The van der Waals surface area contributed by atoms with E-state index in [0.29, 0.717) is 23.6 Å². The van der Waals surface area contributed by atoms with Gasteiger partial charge in [0.1, 0.15) is 5.75 Å². The van der Waals surface area contributed by atoms with E-state index in [2.05, 4.69) is 10.8 Å². The summed E-state index contributed by atoms with van der Waals surface area (Å²) in [5.41, 5.74) is 6.55. The minimum absolute atomic E-state index is 0.320. The maximum Gasteiger partial charge on any atom is 0.340 e. The molecule has 0 aliphatic rings. The molecule has 0 aliphatic carbocycles. The van der Waals surface area contributed by atoms with E-state index in [0.717, 1.165) is 6.42 Å². The molecule has 0 aliphatic heterocycles. The zero-order chi connectivity index (χ0) is 13.7. The lowest BCUT2D eigenvalue weighted by Crippen LogP contribution is -2.08. The molecule has 2 rings (SSSR count). The molecule has 5 heteroatoms. The van der Waals surface area contributed by atoms with Gasteiger partial charge in [-0.2, -0.15) is 0 Å². The van der Waals surface area contributed by atoms with E-state index >= 15 is 0 Å². The topological polar surface area (TPSA) is 61.5 Å². The molecule has 1 aromatic heterocycles. The van der Waals surface area contributed by atoms with Crippen molar-refractivity contribution in [3.63, 3.8) is 0 Å². The number of carbonyl (C=O) groups excluding carboxylic acids is 1. The Labute approximate surface area is 115 Å². The summed E-state index contributed by atoms with van der Waals surface area (Å²) in [5.74, 6) is 0.0562. The van der Waals surface area contributed by atoms with Crippen molar-refractivity contribution in [2.24, 2.45) is 0 Å². The lowest BCUT2D eigenvalue weighted by atomic mass is 10.1. The van der Waals surface area contributed by atoms with E-state index in [-0.39, 0.29) is 0 Å². The molecule has 0 spiro atoms. The van der Waals surface area contributed by atoms with E-state index < -0.39 is 5.97 Å². The number of benzene rings is 1. The van der Waals surface area contributed by atoms with Gasteiger partial charge in [-0.25, -0.2) is 4.79 Å². The van der Waals surface area contributed by atoms with Gasteiger partial charge in [0.05, 0.1) is 25.0 Å². The van der Waals surface area contributed by atoms with E-state index in [9.17, 15) is 4.79 Å². The fourth-order valence-corrected chi connectivity index (χ4v) is 2.36. The first-order valence-electron chi connectivity index (χ1n) is 5.84. The van der Waals surface area contributed by atoms with Crippen LogP contribution >= 0.6 is 11.3 Å². The van der Waals surface area contributed by atoms with Crippen LogP contribution in [0.1, 0.15) is 15.2 Å². The first-order chi connectivity index (χ1) is 9.22. The number of methoxy groups -OCH3 is 1. The number of hydrogen-bond acceptors (Lipinski definition) is 5. The Balaban J connectivity index is 2.02. The Morgan fingerprint density at radius 2 is 2.16 bits per heavy atom. The minimum atomic E-state index is -0.457. The highest BCUT2D eigenvalue weighted by atomic mass is 32.1. The number of hydrogen-bond donors (Lipinski definition) is 1. The lowest BCUT2D eigenvalue weighted by molar-refractivity contribution is 0.0601. The van der Waals surface area contributed by atoms with Crippen LogP contribution in [0.5, 0.6) is 5.75 Å². The zero-order valence-electron chi connectivity index (χ0n) is 10.6. The monoisotopic (exact) mass is 277 g/mol. The summed E-state index contributed by atoms with van der Waals surface area (Å²) in [6, 6.07) is 9.15. The predicted molar refractivity (Wildman–Crippen MR) is 75.7 cm³/mol. The third-order valence-corrected chi connectivity index (χ3v) is 3.59. The highest BCUT2D eigenvalue weighted by molar-refractivity contribution is 7.09. The van der Waals surface area contributed by atoms with E-state index in [4.69, 9.17) is 10.5 Å². The summed E-state index contributed by atoms with van der Waals surface area (Å²) in [4.78, 5) is 12.7. The zero-order valence-corrected chi connectivity index (χ0v) is 11.4. The normalized spacial score (nSPS) is 10.2. The first-order valence-corrected chi connectivity index (χ1v) is 6.72. The second-order valence-electron chi connectivity index (χ2n) is 3.89. The molecule has 19 heavy (non-hydrogen) atoms. The van der Waals surface area contributed by atoms with Crippen LogP contribution in [0.25, 0.3) is 0 Å². The van der Waals surface area contributed by atoms with Crippen molar-refractivity contribution < 1.29 is 14.3 Å². The standard InChI is InChI=1S/C14H15NO3S/c1-17-14(16)11-5-2-6-12(13(11)15)18-8-7-10-4-3-9-19-10/h2-6,9H,7-8,15H2,1H3. The van der Waals surface area contributed by atoms with Gasteiger partial charge in [-0.05, 0) is 23.6 Å². The minimum Gasteiger partial charge on any atom is -0.491 e. The van der Waals surface area contributed by atoms with Crippen LogP contribution < -0.4 is 10.5 Å². The SMILES string of the molecule is COC(=O)c1cccc(OCCc2cccs2)c1N. The maximum atomic E-state index is 11.5. The number of nitrogen functional groups attached to an aromatic ring is 1. The molecule has 0 amide bonds. The molecule has 0 bridgehead atoms. The quantitative estimate of drug-likeness (QED) is 0.674. The Morgan fingerprint density at radius 3 is 2.84 bits per heavy atom. The molecule has 0 saturated heterocycles. The van der Waals surface area contributed by atoms with Crippen molar-refractivity contribution in [2.45, 2.75) is 6.42 Å². The van der Waals surface area contributed by atoms with Crippen molar-refractivity contribution in [1.29, 1.82) is 0 Å². The summed E-state index contributed by atoms with van der Waals surface area (Å²) in [6.07, 6.45) is 0.819. The number of para-hydroxylation sites is 1. The number of nitrogens with two attached hydrogens (primary N) is 1. The van der Waals surface area contributed by atoms with Crippen LogP contribution in [0.2, 0.25) is 0 Å². The summed E-state index contributed by atoms with van der Waals surface area (Å²) in [5, 5.41) is 2.03. The summed E-state index contributed by atoms with van der Waals surface area (Å²) in [7, 11) is 1.33. The van der Waals surface area contributed by atoms with Crippen molar-refractivity contribution in [3.8, 4) is 5.75 Å². The van der Waals surface area contributed by atoms with Crippen LogP contribution in [-0.2, 0) is 11.2 Å². The molecule has 0 saturated carbocycles. The van der Waals surface area contributed by atoms with Crippen molar-refractivity contribution >= 4 is 23.0 Å². The Bertz CT molecular complexity index is 552. The van der Waals surface area contributed by atoms with Crippen LogP contribution in [0.4, 0.5) is 5.69 Å². The smallest absolute Gasteiger partial charge is 0.340 e. The molecule has 0 unspecified atom stereocenters. The number of ether oxygens (including phenoxy) is 2. The molecule has 0 atom stereocenters. The predicted octanol–water partition coefficient (Wildman–Crippen LogP) is 2.74. The number of carbonyl (C=O) groups is 1. The molecule has 0 radical (unpaired) electrons. The van der Waals surface area contributed by atoms with Crippen LogP contribution in [0.15, 0.2) is 35.7 Å². The van der Waals surface area contributed by atoms with Crippen LogP contribution in [-0.4, -0.2) is 19.7 Å². The maximum absolute atomic E-state index is 11.5. The van der Waals surface area contributed by atoms with E-state index in [1.54, 1.807) is 29.5 Å². The molecule has 4 nitrogen and oxygen atoms in total. The fraction of sp³-hybridized carbons (Fsp3) is 0.214. The van der Waals surface area contributed by atoms with Gasteiger partial charge in [-0.15, -0.1) is 11.3 Å². The summed E-state index contributed by atoms with van der Waals surface area (Å²) in [6.45, 7) is 0.523. The molecule has 2 N–H and O–H groups in total. The van der Waals surface area contributed by atoms with Gasteiger partial charge in [0.25, 0.3) is 0 Å². The third kappa shape index (κ3) is 3.26.